The van der Waals surface area contributed by atoms with Crippen molar-refractivity contribution in [3.05, 3.63) is 59.7 Å². The molecule has 2 aromatic rings. The van der Waals surface area contributed by atoms with Crippen molar-refractivity contribution in [3.63, 3.8) is 0 Å². The summed E-state index contributed by atoms with van der Waals surface area (Å²) in [5.74, 6) is 2.64. The van der Waals surface area contributed by atoms with Gasteiger partial charge >= 0.3 is 0 Å². The van der Waals surface area contributed by atoms with E-state index in [9.17, 15) is 0 Å². The topological polar surface area (TPSA) is 54.9 Å². The molecular weight excluding hydrogens is 453 g/mol. The van der Waals surface area contributed by atoms with Gasteiger partial charge < -0.3 is 20.1 Å². The Bertz CT molecular complexity index is 767. The number of hydrogen-bond donors (Lipinski definition) is 2. The van der Waals surface area contributed by atoms with Crippen molar-refractivity contribution >= 4 is 29.9 Å². The van der Waals surface area contributed by atoms with Gasteiger partial charge in [-0.3, -0.25) is 4.99 Å². The Morgan fingerprint density at radius 3 is 2.74 bits per heavy atom. The van der Waals surface area contributed by atoms with E-state index in [1.54, 1.807) is 7.05 Å². The van der Waals surface area contributed by atoms with Crippen LogP contribution in [0.2, 0.25) is 0 Å². The Labute approximate surface area is 178 Å². The molecule has 2 atom stereocenters. The molecule has 2 unspecified atom stereocenters. The summed E-state index contributed by atoms with van der Waals surface area (Å²) in [5, 5.41) is 6.86. The van der Waals surface area contributed by atoms with Gasteiger partial charge in [-0.1, -0.05) is 36.4 Å². The van der Waals surface area contributed by atoms with Crippen LogP contribution >= 0.6 is 24.0 Å². The van der Waals surface area contributed by atoms with Gasteiger partial charge in [0.25, 0.3) is 0 Å². The van der Waals surface area contributed by atoms with Gasteiger partial charge in [-0.2, -0.15) is 0 Å². The van der Waals surface area contributed by atoms with Gasteiger partial charge in [0, 0.05) is 19.0 Å². The first-order chi connectivity index (χ1) is 12.7. The molecule has 146 valence electrons. The molecule has 0 aromatic heterocycles. The molecule has 2 N–H and O–H groups in total. The Morgan fingerprint density at radius 1 is 1.22 bits per heavy atom. The predicted octanol–water partition coefficient (Wildman–Crippen LogP) is 4.07. The molecule has 6 heteroatoms. The maximum atomic E-state index is 6.02. The number of benzene rings is 2. The summed E-state index contributed by atoms with van der Waals surface area (Å²) in [4.78, 5) is 4.35. The molecule has 2 aromatic carbocycles. The fraction of sp³-hybridized carbons (Fsp3) is 0.381. The summed E-state index contributed by atoms with van der Waals surface area (Å²) in [5.41, 5.74) is 2.31. The molecule has 0 amide bonds. The highest BCUT2D eigenvalue weighted by Gasteiger charge is 2.22. The molecule has 0 fully saturated rings. The Balaban J connectivity index is 0.00000261. The SMILES string of the molecule is CN=C(NCC(C)Oc1ccccc1C)NC1CCOc2ccccc21.I. The zero-order valence-electron chi connectivity index (χ0n) is 16.1. The van der Waals surface area contributed by atoms with Crippen LogP contribution in [-0.2, 0) is 0 Å². The lowest BCUT2D eigenvalue weighted by molar-refractivity contribution is 0.221. The molecule has 1 heterocycles. The Hall–Kier alpha value is -1.96. The number of para-hydroxylation sites is 2. The van der Waals surface area contributed by atoms with Gasteiger partial charge in [-0.25, -0.2) is 0 Å². The van der Waals surface area contributed by atoms with E-state index in [4.69, 9.17) is 9.47 Å². The van der Waals surface area contributed by atoms with Crippen molar-refractivity contribution in [2.75, 3.05) is 20.2 Å². The molecule has 1 aliphatic rings. The van der Waals surface area contributed by atoms with Crippen LogP contribution in [0.1, 0.15) is 30.5 Å². The first-order valence-corrected chi connectivity index (χ1v) is 9.08. The smallest absolute Gasteiger partial charge is 0.191 e. The van der Waals surface area contributed by atoms with Gasteiger partial charge in [0.15, 0.2) is 5.96 Å². The maximum absolute atomic E-state index is 6.02. The van der Waals surface area contributed by atoms with Crippen LogP contribution in [0.25, 0.3) is 0 Å². The molecule has 0 saturated heterocycles. The fourth-order valence-electron chi connectivity index (χ4n) is 3.04. The van der Waals surface area contributed by atoms with Gasteiger partial charge in [-0.05, 0) is 31.5 Å². The summed E-state index contributed by atoms with van der Waals surface area (Å²) in [6, 6.07) is 16.4. The summed E-state index contributed by atoms with van der Waals surface area (Å²) in [6.45, 7) is 5.48. The number of guanidine groups is 1. The van der Waals surface area contributed by atoms with Crippen molar-refractivity contribution in [2.45, 2.75) is 32.4 Å². The van der Waals surface area contributed by atoms with Crippen molar-refractivity contribution < 1.29 is 9.47 Å². The second kappa shape index (κ2) is 10.4. The lowest BCUT2D eigenvalue weighted by atomic mass is 10.0. The molecule has 0 bridgehead atoms. The number of halogens is 1. The van der Waals surface area contributed by atoms with Crippen LogP contribution in [0.3, 0.4) is 0 Å². The Morgan fingerprint density at radius 2 is 1.96 bits per heavy atom. The second-order valence-electron chi connectivity index (χ2n) is 6.52. The number of aryl methyl sites for hydroxylation is 1. The molecule has 27 heavy (non-hydrogen) atoms. The van der Waals surface area contributed by atoms with Crippen molar-refractivity contribution in [3.8, 4) is 11.5 Å². The zero-order chi connectivity index (χ0) is 18.4. The highest BCUT2D eigenvalue weighted by molar-refractivity contribution is 14.0. The molecule has 1 aliphatic heterocycles. The van der Waals surface area contributed by atoms with E-state index < -0.39 is 0 Å². The van der Waals surface area contributed by atoms with Crippen LogP contribution in [0.15, 0.2) is 53.5 Å². The van der Waals surface area contributed by atoms with Crippen LogP contribution in [-0.4, -0.2) is 32.3 Å². The first-order valence-electron chi connectivity index (χ1n) is 9.08. The zero-order valence-corrected chi connectivity index (χ0v) is 18.4. The average molecular weight is 481 g/mol. The lowest BCUT2D eigenvalue weighted by Gasteiger charge is -2.28. The Kier molecular flexibility index (Phi) is 8.22. The minimum atomic E-state index is 0. The van der Waals surface area contributed by atoms with E-state index in [0.717, 1.165) is 29.4 Å². The summed E-state index contributed by atoms with van der Waals surface area (Å²) >= 11 is 0. The van der Waals surface area contributed by atoms with Gasteiger partial charge in [0.1, 0.15) is 17.6 Å². The summed E-state index contributed by atoms with van der Waals surface area (Å²) in [6.07, 6.45) is 0.934. The first kappa shape index (κ1) is 21.3. The fourth-order valence-corrected chi connectivity index (χ4v) is 3.04. The third-order valence-corrected chi connectivity index (χ3v) is 4.47. The highest BCUT2D eigenvalue weighted by atomic mass is 127. The number of aliphatic imine (C=N–C) groups is 1. The largest absolute Gasteiger partial charge is 0.493 e. The summed E-state index contributed by atoms with van der Waals surface area (Å²) < 4.78 is 11.7. The minimum Gasteiger partial charge on any atom is -0.493 e. The third kappa shape index (κ3) is 5.76. The van der Waals surface area contributed by atoms with Crippen LogP contribution in [0.5, 0.6) is 11.5 Å². The van der Waals surface area contributed by atoms with E-state index in [-0.39, 0.29) is 36.1 Å². The van der Waals surface area contributed by atoms with E-state index in [1.807, 2.05) is 36.4 Å². The number of ether oxygens (including phenoxy) is 2. The van der Waals surface area contributed by atoms with Crippen LogP contribution in [0.4, 0.5) is 0 Å². The van der Waals surface area contributed by atoms with E-state index >= 15 is 0 Å². The monoisotopic (exact) mass is 481 g/mol. The highest BCUT2D eigenvalue weighted by Crippen LogP contribution is 2.31. The maximum Gasteiger partial charge on any atom is 0.191 e. The van der Waals surface area contributed by atoms with Crippen LogP contribution in [0, 0.1) is 6.92 Å². The molecular formula is C21H28IN3O2. The summed E-state index contributed by atoms with van der Waals surface area (Å²) in [7, 11) is 1.79. The molecule has 0 saturated carbocycles. The number of rotatable bonds is 5. The number of hydrogen-bond acceptors (Lipinski definition) is 3. The van der Waals surface area contributed by atoms with Crippen molar-refractivity contribution in [1.82, 2.24) is 10.6 Å². The van der Waals surface area contributed by atoms with E-state index in [1.165, 1.54) is 5.56 Å². The van der Waals surface area contributed by atoms with Gasteiger partial charge in [0.05, 0.1) is 19.2 Å². The minimum absolute atomic E-state index is 0. The molecule has 0 spiro atoms. The van der Waals surface area contributed by atoms with Gasteiger partial charge in [0.2, 0.25) is 0 Å². The predicted molar refractivity (Wildman–Crippen MR) is 120 cm³/mol. The van der Waals surface area contributed by atoms with Crippen LogP contribution < -0.4 is 20.1 Å². The number of fused-ring (bicyclic) bond motifs is 1. The van der Waals surface area contributed by atoms with E-state index in [2.05, 4.69) is 41.6 Å². The lowest BCUT2D eigenvalue weighted by Crippen LogP contribution is -2.44. The molecule has 5 nitrogen and oxygen atoms in total. The van der Waals surface area contributed by atoms with Crippen molar-refractivity contribution in [1.29, 1.82) is 0 Å². The normalized spacial score (nSPS) is 17.0. The quantitative estimate of drug-likeness (QED) is 0.384. The average Bonchev–Trinajstić information content (AvgIpc) is 2.67. The molecule has 0 radical (unpaired) electrons. The third-order valence-electron chi connectivity index (χ3n) is 4.47. The van der Waals surface area contributed by atoms with E-state index in [0.29, 0.717) is 13.2 Å². The molecule has 3 rings (SSSR count). The molecule has 0 aliphatic carbocycles. The number of nitrogens with zero attached hydrogens (tertiary/aromatic N) is 1. The standard InChI is InChI=1S/C21H27N3O2.HI/c1-15-8-4-6-10-19(15)26-16(2)14-23-21(22-3)24-18-12-13-25-20-11-7-5-9-17(18)20;/h4-11,16,18H,12-14H2,1-3H3,(H2,22,23,24);1H. The second-order valence-corrected chi connectivity index (χ2v) is 6.52. The van der Waals surface area contributed by atoms with Crippen molar-refractivity contribution in [2.24, 2.45) is 4.99 Å². The number of nitrogens with one attached hydrogen (secondary N) is 2. The van der Waals surface area contributed by atoms with Gasteiger partial charge in [-0.15, -0.1) is 24.0 Å².